The molecule has 1 fully saturated rings. The Morgan fingerprint density at radius 1 is 1.40 bits per heavy atom. The Hall–Kier alpha value is -1.91. The maximum Gasteiger partial charge on any atom is 0.223 e. The van der Waals surface area contributed by atoms with Crippen molar-refractivity contribution in [3.05, 3.63) is 35.6 Å². The first-order valence-corrected chi connectivity index (χ1v) is 6.87. The highest BCUT2D eigenvalue weighted by Gasteiger charge is 2.29. The molecule has 1 heterocycles. The molecule has 108 valence electrons. The summed E-state index contributed by atoms with van der Waals surface area (Å²) < 4.78 is 12.8. The molecule has 20 heavy (non-hydrogen) atoms. The molecule has 2 rings (SSSR count). The van der Waals surface area contributed by atoms with Gasteiger partial charge in [-0.15, -0.1) is 0 Å². The monoisotopic (exact) mass is 278 g/mol. The number of nitrogens with one attached hydrogen (secondary N) is 1. The lowest BCUT2D eigenvalue weighted by molar-refractivity contribution is -0.128. The van der Waals surface area contributed by atoms with E-state index >= 15 is 0 Å². The topological polar surface area (TPSA) is 49.4 Å². The molecule has 1 aromatic rings. The highest BCUT2D eigenvalue weighted by atomic mass is 19.1. The first kappa shape index (κ1) is 14.5. The van der Waals surface area contributed by atoms with Crippen molar-refractivity contribution < 1.29 is 14.0 Å². The Morgan fingerprint density at radius 3 is 2.75 bits per heavy atom. The van der Waals surface area contributed by atoms with Gasteiger partial charge in [-0.25, -0.2) is 4.39 Å². The van der Waals surface area contributed by atoms with E-state index in [2.05, 4.69) is 5.32 Å². The average Bonchev–Trinajstić information content (AvgIpc) is 2.79. The molecular weight excluding hydrogens is 259 g/mol. The largest absolute Gasteiger partial charge is 0.356 e. The fourth-order valence-corrected chi connectivity index (χ4v) is 2.34. The Labute approximate surface area is 118 Å². The normalized spacial score (nSPS) is 18.4. The van der Waals surface area contributed by atoms with E-state index in [1.807, 2.05) is 0 Å². The number of carbonyl (C=O) groups excluding carboxylic acids is 2. The van der Waals surface area contributed by atoms with E-state index in [1.54, 1.807) is 24.0 Å². The summed E-state index contributed by atoms with van der Waals surface area (Å²) in [7, 11) is 0. The zero-order chi connectivity index (χ0) is 14.5. The van der Waals surface area contributed by atoms with Gasteiger partial charge in [0.05, 0.1) is 0 Å². The molecule has 0 aromatic heterocycles. The fourth-order valence-electron chi connectivity index (χ4n) is 2.34. The quantitative estimate of drug-likeness (QED) is 0.891. The highest BCUT2D eigenvalue weighted by molar-refractivity contribution is 5.79. The average molecular weight is 278 g/mol. The van der Waals surface area contributed by atoms with Crippen molar-refractivity contribution in [2.75, 3.05) is 13.1 Å². The van der Waals surface area contributed by atoms with Gasteiger partial charge in [0, 0.05) is 38.4 Å². The number of hydrogen-bond donors (Lipinski definition) is 1. The first-order chi connectivity index (χ1) is 9.58. The molecule has 0 bridgehead atoms. The number of carbonyl (C=O) groups is 2. The van der Waals surface area contributed by atoms with Crippen LogP contribution < -0.4 is 5.32 Å². The molecule has 1 aliphatic heterocycles. The van der Waals surface area contributed by atoms with Crippen LogP contribution >= 0.6 is 0 Å². The molecule has 0 aliphatic carbocycles. The minimum absolute atomic E-state index is 0.00873. The molecule has 0 radical (unpaired) electrons. The summed E-state index contributed by atoms with van der Waals surface area (Å²) in [6, 6.07) is 6.17. The third-order valence-corrected chi connectivity index (χ3v) is 3.49. The maximum absolute atomic E-state index is 12.8. The maximum atomic E-state index is 12.8. The minimum atomic E-state index is -0.276. The summed E-state index contributed by atoms with van der Waals surface area (Å²) >= 11 is 0. The van der Waals surface area contributed by atoms with E-state index in [1.165, 1.54) is 12.1 Å². The Morgan fingerprint density at radius 2 is 2.10 bits per heavy atom. The lowest BCUT2D eigenvalue weighted by Crippen LogP contribution is -2.30. The van der Waals surface area contributed by atoms with Crippen molar-refractivity contribution in [3.8, 4) is 0 Å². The van der Waals surface area contributed by atoms with Crippen molar-refractivity contribution in [3.63, 3.8) is 0 Å². The predicted molar refractivity (Wildman–Crippen MR) is 73.2 cm³/mol. The van der Waals surface area contributed by atoms with Crippen molar-refractivity contribution in [1.82, 2.24) is 10.2 Å². The second kappa shape index (κ2) is 6.50. The van der Waals surface area contributed by atoms with Crippen molar-refractivity contribution in [2.45, 2.75) is 26.3 Å². The Balaban J connectivity index is 1.86. The molecule has 5 heteroatoms. The van der Waals surface area contributed by atoms with Crippen LogP contribution in [0.1, 0.15) is 25.3 Å². The van der Waals surface area contributed by atoms with Gasteiger partial charge in [0.25, 0.3) is 0 Å². The lowest BCUT2D eigenvalue weighted by Gasteiger charge is -2.17. The lowest BCUT2D eigenvalue weighted by atomic mass is 10.1. The van der Waals surface area contributed by atoms with Gasteiger partial charge in [-0.1, -0.05) is 19.1 Å². The van der Waals surface area contributed by atoms with Crippen molar-refractivity contribution in [1.29, 1.82) is 0 Å². The van der Waals surface area contributed by atoms with E-state index in [0.717, 1.165) is 5.56 Å². The number of nitrogens with zero attached hydrogens (tertiary/aromatic N) is 1. The zero-order valence-electron chi connectivity index (χ0n) is 11.6. The van der Waals surface area contributed by atoms with E-state index in [4.69, 9.17) is 0 Å². The molecule has 2 amide bonds. The molecule has 1 atom stereocenters. The van der Waals surface area contributed by atoms with Crippen LogP contribution in [-0.4, -0.2) is 29.8 Å². The molecule has 1 saturated heterocycles. The second-order valence-electron chi connectivity index (χ2n) is 5.13. The third kappa shape index (κ3) is 3.79. The van der Waals surface area contributed by atoms with Crippen molar-refractivity contribution >= 4 is 11.8 Å². The first-order valence-electron chi connectivity index (χ1n) is 6.87. The van der Waals surface area contributed by atoms with E-state index in [-0.39, 0.29) is 23.5 Å². The van der Waals surface area contributed by atoms with Gasteiger partial charge in [-0.05, 0) is 17.7 Å². The fraction of sp³-hybridized carbons (Fsp3) is 0.467. The minimum Gasteiger partial charge on any atom is -0.356 e. The molecule has 1 N–H and O–H groups in total. The number of amides is 2. The summed E-state index contributed by atoms with van der Waals surface area (Å²) in [4.78, 5) is 24.9. The molecule has 1 aromatic carbocycles. The van der Waals surface area contributed by atoms with Gasteiger partial charge in [-0.2, -0.15) is 0 Å². The van der Waals surface area contributed by atoms with E-state index < -0.39 is 0 Å². The van der Waals surface area contributed by atoms with Crippen LogP contribution in [0.25, 0.3) is 0 Å². The summed E-state index contributed by atoms with van der Waals surface area (Å²) in [5, 5.41) is 2.82. The SMILES string of the molecule is CCC(=O)NCC1CC(=O)N(Cc2ccc(F)cc2)C1. The van der Waals surface area contributed by atoms with Gasteiger partial charge in [0.1, 0.15) is 5.82 Å². The van der Waals surface area contributed by atoms with Crippen LogP contribution in [0.5, 0.6) is 0 Å². The standard InChI is InChI=1S/C15H19FN2O2/c1-2-14(19)17-8-12-7-15(20)18(10-12)9-11-3-5-13(16)6-4-11/h3-6,12H,2,7-10H2,1H3,(H,17,19). The van der Waals surface area contributed by atoms with Gasteiger partial charge in [0.15, 0.2) is 0 Å². The molecule has 1 aliphatic rings. The molecule has 4 nitrogen and oxygen atoms in total. The second-order valence-corrected chi connectivity index (χ2v) is 5.13. The van der Waals surface area contributed by atoms with Crippen LogP contribution in [0, 0.1) is 11.7 Å². The number of hydrogen-bond acceptors (Lipinski definition) is 2. The van der Waals surface area contributed by atoms with Gasteiger partial charge >= 0.3 is 0 Å². The van der Waals surface area contributed by atoms with Crippen LogP contribution in [0.3, 0.4) is 0 Å². The summed E-state index contributed by atoms with van der Waals surface area (Å²) in [6.07, 6.45) is 0.922. The van der Waals surface area contributed by atoms with E-state index in [0.29, 0.717) is 32.5 Å². The highest BCUT2D eigenvalue weighted by Crippen LogP contribution is 2.19. The summed E-state index contributed by atoms with van der Waals surface area (Å²) in [6.45, 7) is 3.48. The Bertz CT molecular complexity index is 487. The Kier molecular flexibility index (Phi) is 4.71. The molecular formula is C15H19FN2O2. The predicted octanol–water partition coefficient (Wildman–Crippen LogP) is 1.70. The van der Waals surface area contributed by atoms with Gasteiger partial charge < -0.3 is 10.2 Å². The smallest absolute Gasteiger partial charge is 0.223 e. The number of benzene rings is 1. The number of likely N-dealkylation sites (tertiary alicyclic amines) is 1. The van der Waals surface area contributed by atoms with Crippen LogP contribution in [-0.2, 0) is 16.1 Å². The van der Waals surface area contributed by atoms with Gasteiger partial charge in [-0.3, -0.25) is 9.59 Å². The van der Waals surface area contributed by atoms with Crippen molar-refractivity contribution in [2.24, 2.45) is 5.92 Å². The van der Waals surface area contributed by atoms with Crippen LogP contribution in [0.2, 0.25) is 0 Å². The zero-order valence-corrected chi connectivity index (χ0v) is 11.6. The van der Waals surface area contributed by atoms with Crippen LogP contribution in [0.15, 0.2) is 24.3 Å². The molecule has 1 unspecified atom stereocenters. The van der Waals surface area contributed by atoms with Crippen LogP contribution in [0.4, 0.5) is 4.39 Å². The number of halogens is 1. The molecule has 0 spiro atoms. The van der Waals surface area contributed by atoms with E-state index in [9.17, 15) is 14.0 Å². The third-order valence-electron chi connectivity index (χ3n) is 3.49. The summed E-state index contributed by atoms with van der Waals surface area (Å²) in [5.74, 6) is -0.0143. The van der Waals surface area contributed by atoms with Gasteiger partial charge in [0.2, 0.25) is 11.8 Å². The summed E-state index contributed by atoms with van der Waals surface area (Å²) in [5.41, 5.74) is 0.915. The number of rotatable bonds is 5. The molecule has 0 saturated carbocycles.